The van der Waals surface area contributed by atoms with Gasteiger partial charge in [0.25, 0.3) is 5.91 Å². The molecule has 0 N–H and O–H groups in total. The molecule has 0 bridgehead atoms. The summed E-state index contributed by atoms with van der Waals surface area (Å²) in [6.45, 7) is 2.77. The summed E-state index contributed by atoms with van der Waals surface area (Å²) in [6.07, 6.45) is 0.743. The summed E-state index contributed by atoms with van der Waals surface area (Å²) in [5.41, 5.74) is 3.65. The smallest absolute Gasteiger partial charge is 0.252 e. The first kappa shape index (κ1) is 14.4. The maximum Gasteiger partial charge on any atom is 0.252 e. The lowest BCUT2D eigenvalue weighted by atomic mass is 9.95. The number of rotatable bonds is 2. The minimum absolute atomic E-state index is 0.0371. The molecule has 1 amide bonds. The van der Waals surface area contributed by atoms with Crippen molar-refractivity contribution >= 4 is 23.2 Å². The van der Waals surface area contributed by atoms with Crippen molar-refractivity contribution in [1.82, 2.24) is 9.80 Å². The van der Waals surface area contributed by atoms with Crippen LogP contribution >= 0.6 is 12.2 Å². The maximum absolute atomic E-state index is 13.0. The number of carbonyl (C=O) groups is 1. The number of carbonyl (C=O) groups excluding carboxylic acids is 1. The van der Waals surface area contributed by atoms with E-state index in [1.165, 1.54) is 11.1 Å². The van der Waals surface area contributed by atoms with Gasteiger partial charge in [-0.15, -0.1) is 0 Å². The predicted molar refractivity (Wildman–Crippen MR) is 93.8 cm³/mol. The number of benzene rings is 2. The fraction of sp³-hybridized carbons (Fsp3) is 0.263. The summed E-state index contributed by atoms with van der Waals surface area (Å²) in [4.78, 5) is 16.8. The fourth-order valence-corrected chi connectivity index (χ4v) is 4.01. The number of thiocarbonyl (C=S) groups is 1. The van der Waals surface area contributed by atoms with Gasteiger partial charge in [-0.25, -0.2) is 0 Å². The zero-order valence-electron chi connectivity index (χ0n) is 13.0. The standard InChI is InChI=1S/C19H18N2OS/c1-13(14-7-3-2-4-8-14)21-18(22)17-11-15-9-5-6-10-16(15)12-20(17)19(21)23/h2-10,13,17H,11-12H2,1H3/t13-,17+/m0/s1. The van der Waals surface area contributed by atoms with Crippen LogP contribution in [0.3, 0.4) is 0 Å². The minimum Gasteiger partial charge on any atom is -0.332 e. The van der Waals surface area contributed by atoms with Gasteiger partial charge in [0.2, 0.25) is 0 Å². The molecule has 2 heterocycles. The molecule has 1 saturated heterocycles. The Hall–Kier alpha value is -2.20. The Morgan fingerprint density at radius 3 is 2.43 bits per heavy atom. The van der Waals surface area contributed by atoms with Gasteiger partial charge in [0.05, 0.1) is 6.04 Å². The van der Waals surface area contributed by atoms with Crippen molar-refractivity contribution < 1.29 is 4.79 Å². The van der Waals surface area contributed by atoms with Crippen LogP contribution in [0.2, 0.25) is 0 Å². The van der Waals surface area contributed by atoms with Crippen molar-refractivity contribution in [2.45, 2.75) is 32.0 Å². The summed E-state index contributed by atoms with van der Waals surface area (Å²) in [5.74, 6) is 0.126. The largest absolute Gasteiger partial charge is 0.332 e. The molecule has 0 aromatic heterocycles. The van der Waals surface area contributed by atoms with E-state index in [2.05, 4.69) is 17.0 Å². The van der Waals surface area contributed by atoms with Gasteiger partial charge >= 0.3 is 0 Å². The Morgan fingerprint density at radius 2 is 1.70 bits per heavy atom. The predicted octanol–water partition coefficient (Wildman–Crippen LogP) is 3.30. The molecular weight excluding hydrogens is 304 g/mol. The molecule has 4 rings (SSSR count). The second-order valence-electron chi connectivity index (χ2n) is 6.19. The Bertz CT molecular complexity index is 731. The number of amides is 1. The molecule has 2 aliphatic rings. The van der Waals surface area contributed by atoms with Crippen LogP contribution in [0, 0.1) is 0 Å². The Balaban J connectivity index is 1.66. The van der Waals surface area contributed by atoms with Gasteiger partial charge in [0, 0.05) is 13.0 Å². The van der Waals surface area contributed by atoms with Crippen LogP contribution in [0.15, 0.2) is 54.6 Å². The van der Waals surface area contributed by atoms with Gasteiger partial charge in [0.15, 0.2) is 5.11 Å². The van der Waals surface area contributed by atoms with E-state index in [-0.39, 0.29) is 18.0 Å². The first-order valence-electron chi connectivity index (χ1n) is 7.92. The van der Waals surface area contributed by atoms with Crippen LogP contribution in [-0.2, 0) is 17.8 Å². The minimum atomic E-state index is -0.149. The van der Waals surface area contributed by atoms with Crippen molar-refractivity contribution in [2.75, 3.05) is 0 Å². The van der Waals surface area contributed by atoms with Gasteiger partial charge in [-0.2, -0.15) is 0 Å². The topological polar surface area (TPSA) is 23.6 Å². The molecule has 4 heteroatoms. The normalized spacial score (nSPS) is 21.2. The van der Waals surface area contributed by atoms with Crippen molar-refractivity contribution in [2.24, 2.45) is 0 Å². The molecule has 0 unspecified atom stereocenters. The third-order valence-corrected chi connectivity index (χ3v) is 5.32. The van der Waals surface area contributed by atoms with Crippen LogP contribution in [0.1, 0.15) is 29.7 Å². The Labute approximate surface area is 141 Å². The average Bonchev–Trinajstić information content (AvgIpc) is 2.84. The molecule has 2 atom stereocenters. The lowest BCUT2D eigenvalue weighted by Gasteiger charge is -2.30. The third kappa shape index (κ3) is 2.25. The fourth-order valence-electron chi connectivity index (χ4n) is 3.58. The van der Waals surface area contributed by atoms with E-state index in [1.54, 1.807) is 4.90 Å². The first-order chi connectivity index (χ1) is 11.2. The summed E-state index contributed by atoms with van der Waals surface area (Å²) in [5, 5.41) is 0.658. The first-order valence-corrected chi connectivity index (χ1v) is 8.33. The average molecular weight is 322 g/mol. The maximum atomic E-state index is 13.0. The quantitative estimate of drug-likeness (QED) is 0.793. The molecule has 116 valence electrons. The molecule has 0 spiro atoms. The van der Waals surface area contributed by atoms with Crippen molar-refractivity contribution in [3.8, 4) is 0 Å². The highest BCUT2D eigenvalue weighted by Crippen LogP contribution is 2.34. The molecule has 2 aromatic rings. The lowest BCUT2D eigenvalue weighted by Crippen LogP contribution is -2.39. The SMILES string of the molecule is C[C@@H](c1ccccc1)N1C(=O)[C@H]2Cc3ccccc3CN2C1=S. The highest BCUT2D eigenvalue weighted by Gasteiger charge is 2.46. The van der Waals surface area contributed by atoms with Gasteiger partial charge in [-0.1, -0.05) is 54.6 Å². The molecule has 23 heavy (non-hydrogen) atoms. The van der Waals surface area contributed by atoms with Gasteiger partial charge in [-0.3, -0.25) is 9.69 Å². The molecule has 1 fully saturated rings. The van der Waals surface area contributed by atoms with E-state index in [1.807, 2.05) is 49.4 Å². The Morgan fingerprint density at radius 1 is 1.04 bits per heavy atom. The van der Waals surface area contributed by atoms with Crippen molar-refractivity contribution in [3.63, 3.8) is 0 Å². The molecule has 2 aliphatic heterocycles. The highest BCUT2D eigenvalue weighted by atomic mass is 32.1. The molecule has 0 saturated carbocycles. The lowest BCUT2D eigenvalue weighted by molar-refractivity contribution is -0.129. The summed E-state index contributed by atoms with van der Waals surface area (Å²) in [6, 6.07) is 18.2. The summed E-state index contributed by atoms with van der Waals surface area (Å²) < 4.78 is 0. The summed E-state index contributed by atoms with van der Waals surface area (Å²) >= 11 is 5.65. The Kier molecular flexibility index (Phi) is 3.42. The zero-order valence-corrected chi connectivity index (χ0v) is 13.8. The zero-order chi connectivity index (χ0) is 16.0. The third-order valence-electron chi connectivity index (χ3n) is 4.89. The molecule has 0 aliphatic carbocycles. The van der Waals surface area contributed by atoms with Crippen LogP contribution in [0.4, 0.5) is 0 Å². The van der Waals surface area contributed by atoms with Crippen LogP contribution < -0.4 is 0 Å². The second-order valence-corrected chi connectivity index (χ2v) is 6.56. The van der Waals surface area contributed by atoms with Crippen molar-refractivity contribution in [1.29, 1.82) is 0 Å². The molecule has 0 radical (unpaired) electrons. The highest BCUT2D eigenvalue weighted by molar-refractivity contribution is 7.80. The van der Waals surface area contributed by atoms with Crippen molar-refractivity contribution in [3.05, 3.63) is 71.3 Å². The molecule has 2 aromatic carbocycles. The monoisotopic (exact) mass is 322 g/mol. The van der Waals surface area contributed by atoms with Crippen LogP contribution in [-0.4, -0.2) is 26.9 Å². The second kappa shape index (κ2) is 5.46. The number of hydrogen-bond donors (Lipinski definition) is 0. The van der Waals surface area contributed by atoms with E-state index in [0.29, 0.717) is 5.11 Å². The van der Waals surface area contributed by atoms with E-state index < -0.39 is 0 Å². The van der Waals surface area contributed by atoms with E-state index in [9.17, 15) is 4.79 Å². The van der Waals surface area contributed by atoms with Gasteiger partial charge in [0.1, 0.15) is 6.04 Å². The number of nitrogens with zero attached hydrogens (tertiary/aromatic N) is 2. The van der Waals surface area contributed by atoms with Crippen LogP contribution in [0.25, 0.3) is 0 Å². The molecular formula is C19H18N2OS. The van der Waals surface area contributed by atoms with Gasteiger partial charge < -0.3 is 4.90 Å². The van der Waals surface area contributed by atoms with E-state index >= 15 is 0 Å². The summed E-state index contributed by atoms with van der Waals surface area (Å²) in [7, 11) is 0. The van der Waals surface area contributed by atoms with E-state index in [0.717, 1.165) is 18.5 Å². The number of fused-ring (bicyclic) bond motifs is 2. The van der Waals surface area contributed by atoms with E-state index in [4.69, 9.17) is 12.2 Å². The van der Waals surface area contributed by atoms with Crippen LogP contribution in [0.5, 0.6) is 0 Å². The number of hydrogen-bond acceptors (Lipinski definition) is 2. The molecule has 3 nitrogen and oxygen atoms in total. The van der Waals surface area contributed by atoms with Gasteiger partial charge in [-0.05, 0) is 35.8 Å².